The van der Waals surface area contributed by atoms with Gasteiger partial charge in [-0.25, -0.2) is 4.98 Å². The minimum atomic E-state index is -4.52. The van der Waals surface area contributed by atoms with Crippen LogP contribution in [0.3, 0.4) is 0 Å². The third-order valence-corrected chi connectivity index (χ3v) is 3.41. The summed E-state index contributed by atoms with van der Waals surface area (Å²) in [5.74, 6) is 0.311. The summed E-state index contributed by atoms with van der Waals surface area (Å²) in [6.45, 7) is 1.12. The highest BCUT2D eigenvalue weighted by molar-refractivity contribution is 5.55. The summed E-state index contributed by atoms with van der Waals surface area (Å²) < 4.78 is 38.1. The summed E-state index contributed by atoms with van der Waals surface area (Å²) in [5, 5.41) is 17.9. The molecular weight excluding hydrogens is 271 g/mol. The highest BCUT2D eigenvalue weighted by atomic mass is 19.4. The molecule has 0 bridgehead atoms. The molecule has 0 aromatic carbocycles. The minimum Gasteiger partial charge on any atom is -0.396 e. The highest BCUT2D eigenvalue weighted by Gasteiger charge is 2.34. The Morgan fingerprint density at radius 3 is 2.80 bits per heavy atom. The lowest BCUT2D eigenvalue weighted by Gasteiger charge is -2.20. The molecule has 0 amide bonds. The molecule has 2 heterocycles. The van der Waals surface area contributed by atoms with Gasteiger partial charge in [0.1, 0.15) is 17.6 Å². The number of anilines is 1. The normalized spacial score (nSPS) is 19.1. The lowest BCUT2D eigenvalue weighted by Crippen LogP contribution is -2.23. The summed E-state index contributed by atoms with van der Waals surface area (Å²) in [6, 6.07) is 3.86. The molecule has 108 valence electrons. The van der Waals surface area contributed by atoms with Gasteiger partial charge in [-0.1, -0.05) is 0 Å². The third kappa shape index (κ3) is 3.02. The zero-order valence-electron chi connectivity index (χ0n) is 10.7. The summed E-state index contributed by atoms with van der Waals surface area (Å²) in [7, 11) is 0. The van der Waals surface area contributed by atoms with Gasteiger partial charge >= 0.3 is 6.18 Å². The van der Waals surface area contributed by atoms with E-state index in [1.54, 1.807) is 4.90 Å². The molecule has 0 saturated carbocycles. The van der Waals surface area contributed by atoms with Crippen LogP contribution in [-0.2, 0) is 6.18 Å². The Morgan fingerprint density at radius 1 is 1.45 bits per heavy atom. The van der Waals surface area contributed by atoms with Crippen molar-refractivity contribution in [1.82, 2.24) is 4.98 Å². The number of halogens is 3. The van der Waals surface area contributed by atoms with E-state index in [1.807, 2.05) is 6.07 Å². The zero-order chi connectivity index (χ0) is 14.8. The van der Waals surface area contributed by atoms with Crippen LogP contribution < -0.4 is 4.90 Å². The van der Waals surface area contributed by atoms with Crippen LogP contribution in [0.15, 0.2) is 12.1 Å². The predicted molar refractivity (Wildman–Crippen MR) is 66.0 cm³/mol. The average molecular weight is 285 g/mol. The van der Waals surface area contributed by atoms with E-state index in [0.29, 0.717) is 19.5 Å². The highest BCUT2D eigenvalue weighted by Crippen LogP contribution is 2.32. The van der Waals surface area contributed by atoms with Crippen LogP contribution in [0, 0.1) is 17.2 Å². The fourth-order valence-electron chi connectivity index (χ4n) is 2.38. The smallest absolute Gasteiger partial charge is 0.396 e. The molecule has 1 aliphatic rings. The van der Waals surface area contributed by atoms with Crippen LogP contribution in [0.1, 0.15) is 24.1 Å². The molecule has 1 saturated heterocycles. The third-order valence-electron chi connectivity index (χ3n) is 3.41. The predicted octanol–water partition coefficient (Wildman–Crippen LogP) is 2.18. The molecule has 0 radical (unpaired) electrons. The SMILES string of the molecule is N#Cc1ccc(C(F)(F)F)nc1N1CCC(CCO)C1. The first-order valence-corrected chi connectivity index (χ1v) is 6.30. The van der Waals surface area contributed by atoms with Crippen LogP contribution in [0.5, 0.6) is 0 Å². The second-order valence-corrected chi connectivity index (χ2v) is 4.79. The second kappa shape index (κ2) is 5.67. The number of hydrogen-bond acceptors (Lipinski definition) is 4. The molecular formula is C13H14F3N3O. The van der Waals surface area contributed by atoms with Gasteiger partial charge in [-0.15, -0.1) is 0 Å². The Hall–Kier alpha value is -1.81. The number of nitrogens with zero attached hydrogens (tertiary/aromatic N) is 3. The number of alkyl halides is 3. The number of nitriles is 1. The number of aromatic nitrogens is 1. The van der Waals surface area contributed by atoms with E-state index < -0.39 is 11.9 Å². The maximum atomic E-state index is 12.7. The van der Waals surface area contributed by atoms with Crippen LogP contribution in [0.2, 0.25) is 0 Å². The van der Waals surface area contributed by atoms with Crippen molar-refractivity contribution < 1.29 is 18.3 Å². The molecule has 1 N–H and O–H groups in total. The quantitative estimate of drug-likeness (QED) is 0.924. The van der Waals surface area contributed by atoms with Crippen molar-refractivity contribution in [2.75, 3.05) is 24.6 Å². The van der Waals surface area contributed by atoms with Crippen LogP contribution >= 0.6 is 0 Å². The van der Waals surface area contributed by atoms with E-state index in [2.05, 4.69) is 4.98 Å². The van der Waals surface area contributed by atoms with Gasteiger partial charge in [0.15, 0.2) is 0 Å². The van der Waals surface area contributed by atoms with Crippen molar-refractivity contribution in [3.63, 3.8) is 0 Å². The van der Waals surface area contributed by atoms with Crippen LogP contribution in [0.4, 0.5) is 19.0 Å². The lowest BCUT2D eigenvalue weighted by molar-refractivity contribution is -0.141. The molecule has 7 heteroatoms. The molecule has 1 aromatic rings. The Balaban J connectivity index is 2.28. The van der Waals surface area contributed by atoms with E-state index in [9.17, 15) is 13.2 Å². The standard InChI is InChI=1S/C13H14F3N3O/c14-13(15,16)11-2-1-10(7-17)12(18-11)19-5-3-9(8-19)4-6-20/h1-2,9,20H,3-6,8H2. The minimum absolute atomic E-state index is 0.0552. The number of aliphatic hydroxyl groups excluding tert-OH is 1. The van der Waals surface area contributed by atoms with E-state index in [-0.39, 0.29) is 23.9 Å². The number of hydrogen-bond donors (Lipinski definition) is 1. The van der Waals surface area contributed by atoms with Crippen molar-refractivity contribution in [1.29, 1.82) is 5.26 Å². The zero-order valence-corrected chi connectivity index (χ0v) is 10.7. The number of rotatable bonds is 3. The number of aliphatic hydroxyl groups is 1. The van der Waals surface area contributed by atoms with Gasteiger partial charge in [-0.2, -0.15) is 18.4 Å². The van der Waals surface area contributed by atoms with Crippen molar-refractivity contribution in [3.05, 3.63) is 23.4 Å². The van der Waals surface area contributed by atoms with Crippen LogP contribution in [0.25, 0.3) is 0 Å². The van der Waals surface area contributed by atoms with Gasteiger partial charge in [-0.05, 0) is 30.9 Å². The monoisotopic (exact) mass is 285 g/mol. The Labute approximate surface area is 114 Å². The first kappa shape index (κ1) is 14.6. The van der Waals surface area contributed by atoms with Crippen molar-refractivity contribution >= 4 is 5.82 Å². The molecule has 1 aromatic heterocycles. The van der Waals surface area contributed by atoms with E-state index >= 15 is 0 Å². The van der Waals surface area contributed by atoms with Crippen molar-refractivity contribution in [2.45, 2.75) is 19.0 Å². The summed E-state index contributed by atoms with van der Waals surface area (Å²) in [6.07, 6.45) is -3.13. The fraction of sp³-hybridized carbons (Fsp3) is 0.538. The summed E-state index contributed by atoms with van der Waals surface area (Å²) in [5.41, 5.74) is -0.847. The Kier molecular flexibility index (Phi) is 4.14. The van der Waals surface area contributed by atoms with Gasteiger partial charge in [0.2, 0.25) is 0 Å². The first-order valence-electron chi connectivity index (χ1n) is 6.30. The maximum Gasteiger partial charge on any atom is 0.433 e. The van der Waals surface area contributed by atoms with Gasteiger partial charge < -0.3 is 10.0 Å². The largest absolute Gasteiger partial charge is 0.433 e. The molecule has 1 unspecified atom stereocenters. The molecule has 2 rings (SSSR count). The van der Waals surface area contributed by atoms with Gasteiger partial charge in [0.25, 0.3) is 0 Å². The first-order chi connectivity index (χ1) is 9.45. The topological polar surface area (TPSA) is 60.2 Å². The van der Waals surface area contributed by atoms with E-state index in [4.69, 9.17) is 10.4 Å². The average Bonchev–Trinajstić information content (AvgIpc) is 2.86. The molecule has 0 spiro atoms. The molecule has 1 atom stereocenters. The molecule has 4 nitrogen and oxygen atoms in total. The lowest BCUT2D eigenvalue weighted by atomic mass is 10.1. The molecule has 20 heavy (non-hydrogen) atoms. The van der Waals surface area contributed by atoms with Gasteiger partial charge in [0, 0.05) is 19.7 Å². The second-order valence-electron chi connectivity index (χ2n) is 4.79. The Morgan fingerprint density at radius 2 is 2.20 bits per heavy atom. The van der Waals surface area contributed by atoms with Gasteiger partial charge in [-0.3, -0.25) is 0 Å². The molecule has 1 aliphatic heterocycles. The van der Waals surface area contributed by atoms with Crippen molar-refractivity contribution in [3.8, 4) is 6.07 Å². The van der Waals surface area contributed by atoms with Gasteiger partial charge in [0.05, 0.1) is 5.56 Å². The van der Waals surface area contributed by atoms with E-state index in [0.717, 1.165) is 18.6 Å². The Bertz CT molecular complexity index is 525. The van der Waals surface area contributed by atoms with E-state index in [1.165, 1.54) is 0 Å². The van der Waals surface area contributed by atoms with Crippen LogP contribution in [-0.4, -0.2) is 29.8 Å². The summed E-state index contributed by atoms with van der Waals surface area (Å²) in [4.78, 5) is 5.30. The maximum absolute atomic E-state index is 12.7. The molecule has 1 fully saturated rings. The fourth-order valence-corrected chi connectivity index (χ4v) is 2.38. The van der Waals surface area contributed by atoms with Crippen molar-refractivity contribution in [2.24, 2.45) is 5.92 Å². The molecule has 0 aliphatic carbocycles. The number of pyridine rings is 1. The summed E-state index contributed by atoms with van der Waals surface area (Å²) >= 11 is 0.